The number of rotatable bonds is 6. The molecule has 20 heavy (non-hydrogen) atoms. The summed E-state index contributed by atoms with van der Waals surface area (Å²) in [6, 6.07) is 15.6. The van der Waals surface area contributed by atoms with Crippen LogP contribution >= 0.6 is 0 Å². The summed E-state index contributed by atoms with van der Waals surface area (Å²) in [6.45, 7) is 11.5. The van der Waals surface area contributed by atoms with Crippen molar-refractivity contribution in [3.05, 3.63) is 66.2 Å². The van der Waals surface area contributed by atoms with Crippen molar-refractivity contribution in [2.24, 2.45) is 0 Å². The third-order valence-corrected chi connectivity index (χ3v) is 2.95. The molecule has 0 aromatic heterocycles. The predicted octanol–water partition coefficient (Wildman–Crippen LogP) is 4.35. The maximum atomic E-state index is 6.34. The van der Waals surface area contributed by atoms with Gasteiger partial charge in [-0.2, -0.15) is 0 Å². The fourth-order valence-electron chi connectivity index (χ4n) is 2.09. The van der Waals surface area contributed by atoms with Crippen molar-refractivity contribution in [3.8, 4) is 11.5 Å². The van der Waals surface area contributed by atoms with E-state index in [0.29, 0.717) is 18.8 Å². The molecule has 0 saturated carbocycles. The predicted molar refractivity (Wildman–Crippen MR) is 82.0 cm³/mol. The molecule has 1 radical (unpaired) electrons. The Kier molecular flexibility index (Phi) is 4.83. The minimum Gasteiger partial charge on any atom is -0.493 e. The van der Waals surface area contributed by atoms with Crippen LogP contribution in [0.25, 0.3) is 5.57 Å². The van der Waals surface area contributed by atoms with Crippen LogP contribution in [-0.4, -0.2) is 13.2 Å². The van der Waals surface area contributed by atoms with Gasteiger partial charge in [0.25, 0.3) is 0 Å². The first-order chi connectivity index (χ1) is 9.77. The van der Waals surface area contributed by atoms with Crippen molar-refractivity contribution in [3.63, 3.8) is 0 Å². The summed E-state index contributed by atoms with van der Waals surface area (Å²) in [5.41, 5.74) is 2.45. The highest BCUT2D eigenvalue weighted by Gasteiger charge is 2.12. The molecule has 0 spiro atoms. The Labute approximate surface area is 120 Å². The van der Waals surface area contributed by atoms with E-state index in [1.165, 1.54) is 0 Å². The van der Waals surface area contributed by atoms with Gasteiger partial charge in [-0.3, -0.25) is 0 Å². The van der Waals surface area contributed by atoms with Crippen LogP contribution in [0.3, 0.4) is 0 Å². The van der Waals surface area contributed by atoms with Crippen molar-refractivity contribution in [2.75, 3.05) is 13.2 Å². The van der Waals surface area contributed by atoms with E-state index in [1.54, 1.807) is 0 Å². The average molecular weight is 267 g/mol. The zero-order valence-electron chi connectivity index (χ0n) is 11.9. The first-order valence-corrected chi connectivity index (χ1v) is 6.84. The van der Waals surface area contributed by atoms with Crippen molar-refractivity contribution in [1.29, 1.82) is 0 Å². The molecule has 2 heteroatoms. The van der Waals surface area contributed by atoms with Gasteiger partial charge in [-0.1, -0.05) is 43.0 Å². The molecule has 0 aliphatic heterocycles. The van der Waals surface area contributed by atoms with Gasteiger partial charge in [-0.25, -0.2) is 0 Å². The van der Waals surface area contributed by atoms with E-state index in [-0.39, 0.29) is 0 Å². The molecular weight excluding hydrogens is 248 g/mol. The number of para-hydroxylation sites is 2. The van der Waals surface area contributed by atoms with Crippen LogP contribution < -0.4 is 9.47 Å². The minimum atomic E-state index is 0.609. The Bertz CT molecular complexity index is 536. The fourth-order valence-corrected chi connectivity index (χ4v) is 2.09. The third kappa shape index (κ3) is 3.02. The second kappa shape index (κ2) is 6.80. The van der Waals surface area contributed by atoms with Crippen LogP contribution in [0.1, 0.15) is 25.0 Å². The standard InChI is InChI=1S/C18H19O2/c1-4-19-17-12-8-6-10-15(17)14(3)16-11-7-9-13-18(16)20-5-2/h3,6-13H,4-5H2,1-2H3. The van der Waals surface area contributed by atoms with Crippen LogP contribution in [0.5, 0.6) is 11.5 Å². The summed E-state index contributed by atoms with van der Waals surface area (Å²) < 4.78 is 11.3. The van der Waals surface area contributed by atoms with E-state index >= 15 is 0 Å². The van der Waals surface area contributed by atoms with E-state index in [4.69, 9.17) is 16.1 Å². The summed E-state index contributed by atoms with van der Waals surface area (Å²) in [6.07, 6.45) is 0. The SMILES string of the molecule is [CH]=C(c1ccccc1OCC)c1ccccc1OCC. The van der Waals surface area contributed by atoms with Crippen molar-refractivity contribution < 1.29 is 9.47 Å². The van der Waals surface area contributed by atoms with E-state index in [1.807, 2.05) is 62.4 Å². The van der Waals surface area contributed by atoms with Gasteiger partial charge in [0, 0.05) is 11.1 Å². The molecular formula is C18H19O2. The van der Waals surface area contributed by atoms with Gasteiger partial charge in [-0.05, 0) is 31.6 Å². The highest BCUT2D eigenvalue weighted by Crippen LogP contribution is 2.34. The molecule has 103 valence electrons. The molecule has 2 rings (SSSR count). The summed E-state index contributed by atoms with van der Waals surface area (Å²) >= 11 is 0. The topological polar surface area (TPSA) is 18.5 Å². The summed E-state index contributed by atoms with van der Waals surface area (Å²) in [5, 5.41) is 0. The van der Waals surface area contributed by atoms with Crippen LogP contribution in [0.15, 0.2) is 48.5 Å². The third-order valence-electron chi connectivity index (χ3n) is 2.95. The molecule has 2 nitrogen and oxygen atoms in total. The molecule has 0 saturated heterocycles. The summed E-state index contributed by atoms with van der Waals surface area (Å²) in [4.78, 5) is 0. The van der Waals surface area contributed by atoms with Gasteiger partial charge in [0.2, 0.25) is 0 Å². The zero-order chi connectivity index (χ0) is 14.4. The van der Waals surface area contributed by atoms with Gasteiger partial charge < -0.3 is 9.47 Å². The number of hydrogen-bond donors (Lipinski definition) is 0. The van der Waals surface area contributed by atoms with Crippen LogP contribution in [0.4, 0.5) is 0 Å². The highest BCUT2D eigenvalue weighted by atomic mass is 16.5. The lowest BCUT2D eigenvalue weighted by Gasteiger charge is -2.15. The summed E-state index contributed by atoms with van der Waals surface area (Å²) in [5.74, 6) is 1.58. The second-order valence-electron chi connectivity index (χ2n) is 4.27. The lowest BCUT2D eigenvalue weighted by molar-refractivity contribution is 0.337. The Morgan fingerprint density at radius 3 is 1.60 bits per heavy atom. The highest BCUT2D eigenvalue weighted by molar-refractivity contribution is 5.82. The van der Waals surface area contributed by atoms with E-state index in [2.05, 4.69) is 0 Å². The lowest BCUT2D eigenvalue weighted by Crippen LogP contribution is -1.99. The first-order valence-electron chi connectivity index (χ1n) is 6.84. The number of hydrogen-bond acceptors (Lipinski definition) is 2. The maximum absolute atomic E-state index is 6.34. The Morgan fingerprint density at radius 1 is 0.800 bits per heavy atom. The monoisotopic (exact) mass is 267 g/mol. The van der Waals surface area contributed by atoms with Gasteiger partial charge in [0.05, 0.1) is 13.2 Å². The second-order valence-corrected chi connectivity index (χ2v) is 4.27. The molecule has 0 N–H and O–H groups in total. The van der Waals surface area contributed by atoms with Crippen LogP contribution in [-0.2, 0) is 0 Å². The van der Waals surface area contributed by atoms with E-state index < -0.39 is 0 Å². The Hall–Kier alpha value is -2.22. The van der Waals surface area contributed by atoms with E-state index in [0.717, 1.165) is 22.6 Å². The molecule has 0 bridgehead atoms. The van der Waals surface area contributed by atoms with Crippen LogP contribution in [0, 0.1) is 6.58 Å². The van der Waals surface area contributed by atoms with Crippen molar-refractivity contribution >= 4 is 5.57 Å². The van der Waals surface area contributed by atoms with Gasteiger partial charge >= 0.3 is 0 Å². The molecule has 0 aliphatic rings. The average Bonchev–Trinajstić information content (AvgIpc) is 2.48. The fraction of sp³-hybridized carbons (Fsp3) is 0.222. The molecule has 0 aliphatic carbocycles. The van der Waals surface area contributed by atoms with Crippen molar-refractivity contribution in [2.45, 2.75) is 13.8 Å². The molecule has 0 amide bonds. The van der Waals surface area contributed by atoms with Crippen LogP contribution in [0.2, 0.25) is 0 Å². The smallest absolute Gasteiger partial charge is 0.127 e. The number of benzene rings is 2. The Morgan fingerprint density at radius 2 is 1.20 bits per heavy atom. The van der Waals surface area contributed by atoms with Gasteiger partial charge in [0.1, 0.15) is 11.5 Å². The molecule has 2 aromatic rings. The molecule has 0 fully saturated rings. The summed E-state index contributed by atoms with van der Waals surface area (Å²) in [7, 11) is 0. The first kappa shape index (κ1) is 14.2. The molecule has 0 atom stereocenters. The number of ether oxygens (including phenoxy) is 2. The minimum absolute atomic E-state index is 0.609. The molecule has 0 heterocycles. The quantitative estimate of drug-likeness (QED) is 0.774. The molecule has 2 aromatic carbocycles. The maximum Gasteiger partial charge on any atom is 0.127 e. The lowest BCUT2D eigenvalue weighted by atomic mass is 9.98. The van der Waals surface area contributed by atoms with E-state index in [9.17, 15) is 0 Å². The largest absolute Gasteiger partial charge is 0.493 e. The van der Waals surface area contributed by atoms with Gasteiger partial charge in [-0.15, -0.1) is 0 Å². The van der Waals surface area contributed by atoms with Gasteiger partial charge in [0.15, 0.2) is 0 Å². The molecule has 0 unspecified atom stereocenters. The normalized spacial score (nSPS) is 10.1. The zero-order valence-corrected chi connectivity index (χ0v) is 11.9. The van der Waals surface area contributed by atoms with Crippen molar-refractivity contribution in [1.82, 2.24) is 0 Å². The Balaban J connectivity index is 2.41.